The Morgan fingerprint density at radius 3 is 2.86 bits per heavy atom. The number of amides is 1. The van der Waals surface area contributed by atoms with Gasteiger partial charge < -0.3 is 9.64 Å². The number of likely N-dealkylation sites (tertiary alicyclic amines) is 1. The molecule has 1 fully saturated rings. The van der Waals surface area contributed by atoms with Crippen molar-refractivity contribution in [1.82, 2.24) is 4.90 Å². The Labute approximate surface area is 125 Å². The molecule has 1 saturated heterocycles. The number of fused-ring (bicyclic) bond motifs is 1. The summed E-state index contributed by atoms with van der Waals surface area (Å²) >= 11 is 0. The molecule has 0 saturated carbocycles. The third-order valence-corrected chi connectivity index (χ3v) is 3.80. The summed E-state index contributed by atoms with van der Waals surface area (Å²) in [6, 6.07) is 10.1. The van der Waals surface area contributed by atoms with E-state index < -0.39 is 0 Å². The van der Waals surface area contributed by atoms with Crippen molar-refractivity contribution in [1.29, 1.82) is 0 Å². The van der Waals surface area contributed by atoms with Crippen LogP contribution >= 0.6 is 0 Å². The van der Waals surface area contributed by atoms with Crippen molar-refractivity contribution in [3.63, 3.8) is 0 Å². The SMILES string of the molecule is O=C1C2C=CC=CC=C2CN1CCOCc1ccccc1. The van der Waals surface area contributed by atoms with Crippen LogP contribution < -0.4 is 0 Å². The highest BCUT2D eigenvalue weighted by molar-refractivity contribution is 5.87. The van der Waals surface area contributed by atoms with Crippen LogP contribution in [0.5, 0.6) is 0 Å². The smallest absolute Gasteiger partial charge is 0.234 e. The van der Waals surface area contributed by atoms with Gasteiger partial charge in [0.05, 0.1) is 19.1 Å². The molecule has 3 nitrogen and oxygen atoms in total. The fourth-order valence-electron chi connectivity index (χ4n) is 2.66. The van der Waals surface area contributed by atoms with E-state index in [2.05, 4.69) is 0 Å². The van der Waals surface area contributed by atoms with Crippen molar-refractivity contribution in [2.75, 3.05) is 19.7 Å². The van der Waals surface area contributed by atoms with Gasteiger partial charge in [0.25, 0.3) is 0 Å². The van der Waals surface area contributed by atoms with Gasteiger partial charge in [-0.25, -0.2) is 0 Å². The van der Waals surface area contributed by atoms with Crippen LogP contribution in [0.15, 0.2) is 66.3 Å². The fraction of sp³-hybridized carbons (Fsp3) is 0.278. The molecule has 3 heteroatoms. The Bertz CT molecular complexity index is 586. The second kappa shape index (κ2) is 6.55. The lowest BCUT2D eigenvalue weighted by molar-refractivity contribution is -0.130. The lowest BCUT2D eigenvalue weighted by Gasteiger charge is -2.15. The largest absolute Gasteiger partial charge is 0.375 e. The summed E-state index contributed by atoms with van der Waals surface area (Å²) in [5, 5.41) is 0. The number of ether oxygens (including phenoxy) is 1. The van der Waals surface area contributed by atoms with Gasteiger partial charge in [-0.15, -0.1) is 0 Å². The standard InChI is InChI=1S/C18H19NO2/c20-18-17-10-6-2-5-9-16(17)13-19(18)11-12-21-14-15-7-3-1-4-8-15/h1-10,17H,11-14H2. The summed E-state index contributed by atoms with van der Waals surface area (Å²) in [4.78, 5) is 14.2. The van der Waals surface area contributed by atoms with Gasteiger partial charge in [0.1, 0.15) is 0 Å². The zero-order valence-electron chi connectivity index (χ0n) is 11.9. The van der Waals surface area contributed by atoms with Crippen molar-refractivity contribution in [2.45, 2.75) is 6.61 Å². The van der Waals surface area contributed by atoms with E-state index in [9.17, 15) is 4.79 Å². The summed E-state index contributed by atoms with van der Waals surface area (Å²) in [5.74, 6) is 0.110. The normalized spacial score (nSPS) is 20.4. The van der Waals surface area contributed by atoms with E-state index in [0.717, 1.165) is 5.56 Å². The number of benzene rings is 1. The third-order valence-electron chi connectivity index (χ3n) is 3.80. The van der Waals surface area contributed by atoms with E-state index in [-0.39, 0.29) is 11.8 Å². The van der Waals surface area contributed by atoms with E-state index in [1.54, 1.807) is 0 Å². The minimum Gasteiger partial charge on any atom is -0.375 e. The van der Waals surface area contributed by atoms with Gasteiger partial charge in [-0.3, -0.25) is 4.79 Å². The van der Waals surface area contributed by atoms with Gasteiger partial charge in [0.2, 0.25) is 5.91 Å². The predicted octanol–water partition coefficient (Wildman–Crippen LogP) is 2.71. The monoisotopic (exact) mass is 281 g/mol. The lowest BCUT2D eigenvalue weighted by Crippen LogP contribution is -2.30. The first-order chi connectivity index (χ1) is 10.3. The zero-order chi connectivity index (χ0) is 14.5. The highest BCUT2D eigenvalue weighted by Gasteiger charge is 2.33. The maximum atomic E-state index is 12.3. The van der Waals surface area contributed by atoms with E-state index in [1.807, 2.05) is 65.6 Å². The van der Waals surface area contributed by atoms with Crippen molar-refractivity contribution in [2.24, 2.45) is 5.92 Å². The number of hydrogen-bond acceptors (Lipinski definition) is 2. The number of carbonyl (C=O) groups excluding carboxylic acids is 1. The van der Waals surface area contributed by atoms with Crippen LogP contribution in [0.1, 0.15) is 5.56 Å². The van der Waals surface area contributed by atoms with Crippen LogP contribution in [0.2, 0.25) is 0 Å². The summed E-state index contributed by atoms with van der Waals surface area (Å²) in [7, 11) is 0. The fourth-order valence-corrected chi connectivity index (χ4v) is 2.66. The molecule has 1 aliphatic heterocycles. The van der Waals surface area contributed by atoms with E-state index in [0.29, 0.717) is 26.3 Å². The summed E-state index contributed by atoms with van der Waals surface area (Å²) < 4.78 is 5.66. The second-order valence-corrected chi connectivity index (χ2v) is 5.29. The first-order valence-corrected chi connectivity index (χ1v) is 7.29. The maximum Gasteiger partial charge on any atom is 0.234 e. The van der Waals surface area contributed by atoms with Crippen molar-refractivity contribution in [3.05, 3.63) is 71.8 Å². The van der Waals surface area contributed by atoms with Crippen LogP contribution in [-0.2, 0) is 16.1 Å². The highest BCUT2D eigenvalue weighted by Crippen LogP contribution is 2.26. The maximum absolute atomic E-state index is 12.3. The molecule has 0 aromatic heterocycles. The molecular weight excluding hydrogens is 262 g/mol. The van der Waals surface area contributed by atoms with Gasteiger partial charge in [-0.1, -0.05) is 60.7 Å². The molecule has 0 bridgehead atoms. The summed E-state index contributed by atoms with van der Waals surface area (Å²) in [6.45, 7) is 2.53. The minimum absolute atomic E-state index is 0.0749. The molecule has 108 valence electrons. The van der Waals surface area contributed by atoms with E-state index in [4.69, 9.17) is 4.74 Å². The van der Waals surface area contributed by atoms with Crippen LogP contribution in [0.4, 0.5) is 0 Å². The second-order valence-electron chi connectivity index (χ2n) is 5.29. The number of carbonyl (C=O) groups is 1. The molecule has 3 rings (SSSR count). The molecule has 1 amide bonds. The molecule has 21 heavy (non-hydrogen) atoms. The number of hydrogen-bond donors (Lipinski definition) is 0. The molecule has 2 aliphatic rings. The topological polar surface area (TPSA) is 29.5 Å². The quantitative estimate of drug-likeness (QED) is 0.777. The number of nitrogens with zero attached hydrogens (tertiary/aromatic N) is 1. The van der Waals surface area contributed by atoms with Gasteiger partial charge >= 0.3 is 0 Å². The Hall–Kier alpha value is -2.13. The molecule has 1 unspecified atom stereocenters. The molecule has 0 spiro atoms. The van der Waals surface area contributed by atoms with E-state index in [1.165, 1.54) is 5.57 Å². The van der Waals surface area contributed by atoms with Crippen molar-refractivity contribution < 1.29 is 9.53 Å². The summed E-state index contributed by atoms with van der Waals surface area (Å²) in [6.07, 6.45) is 9.93. The van der Waals surface area contributed by atoms with Gasteiger partial charge in [-0.05, 0) is 11.1 Å². The Morgan fingerprint density at radius 1 is 1.14 bits per heavy atom. The van der Waals surface area contributed by atoms with E-state index >= 15 is 0 Å². The molecule has 1 heterocycles. The number of allylic oxidation sites excluding steroid dienone is 4. The molecule has 1 aromatic rings. The average Bonchev–Trinajstić information content (AvgIpc) is 2.69. The van der Waals surface area contributed by atoms with Crippen LogP contribution in [0.3, 0.4) is 0 Å². The Kier molecular flexibility index (Phi) is 4.31. The molecular formula is C18H19NO2. The molecule has 1 aromatic carbocycles. The van der Waals surface area contributed by atoms with Crippen molar-refractivity contribution >= 4 is 5.91 Å². The lowest BCUT2D eigenvalue weighted by atomic mass is 10.0. The molecule has 0 radical (unpaired) electrons. The summed E-state index contributed by atoms with van der Waals surface area (Å²) in [5.41, 5.74) is 2.33. The Morgan fingerprint density at radius 2 is 2.00 bits per heavy atom. The average molecular weight is 281 g/mol. The predicted molar refractivity (Wildman–Crippen MR) is 82.5 cm³/mol. The molecule has 0 N–H and O–H groups in total. The van der Waals surface area contributed by atoms with Gasteiger partial charge in [0, 0.05) is 13.1 Å². The Balaban J connectivity index is 1.48. The first-order valence-electron chi connectivity index (χ1n) is 7.29. The highest BCUT2D eigenvalue weighted by atomic mass is 16.5. The minimum atomic E-state index is -0.0749. The molecule has 1 aliphatic carbocycles. The molecule has 1 atom stereocenters. The first kappa shape index (κ1) is 13.8. The van der Waals surface area contributed by atoms with Crippen LogP contribution in [-0.4, -0.2) is 30.5 Å². The third kappa shape index (κ3) is 3.31. The van der Waals surface area contributed by atoms with Crippen molar-refractivity contribution in [3.8, 4) is 0 Å². The van der Waals surface area contributed by atoms with Crippen LogP contribution in [0, 0.1) is 5.92 Å². The zero-order valence-corrected chi connectivity index (χ0v) is 11.9. The van der Waals surface area contributed by atoms with Crippen LogP contribution in [0.25, 0.3) is 0 Å². The van der Waals surface area contributed by atoms with Gasteiger partial charge in [0.15, 0.2) is 0 Å². The van der Waals surface area contributed by atoms with Gasteiger partial charge in [-0.2, -0.15) is 0 Å². The number of rotatable bonds is 5.